The number of para-hydroxylation sites is 1. The Hall–Kier alpha value is -2.84. The Morgan fingerprint density at radius 3 is 2.32 bits per heavy atom. The topological polar surface area (TPSA) is 65.1 Å². The summed E-state index contributed by atoms with van der Waals surface area (Å²) in [6.07, 6.45) is 1.60. The summed E-state index contributed by atoms with van der Waals surface area (Å²) in [5.41, 5.74) is 1.40. The van der Waals surface area contributed by atoms with E-state index in [4.69, 9.17) is 49.0 Å². The van der Waals surface area contributed by atoms with Crippen molar-refractivity contribution in [1.82, 2.24) is 4.90 Å². The fourth-order valence-corrected chi connectivity index (χ4v) is 5.01. The van der Waals surface area contributed by atoms with Crippen molar-refractivity contribution >= 4 is 63.8 Å². The van der Waals surface area contributed by atoms with Gasteiger partial charge in [-0.15, -0.1) is 0 Å². The second-order valence-corrected chi connectivity index (χ2v) is 9.97. The number of halogens is 3. The van der Waals surface area contributed by atoms with Crippen LogP contribution in [0.3, 0.4) is 0 Å². The molecule has 37 heavy (non-hydrogen) atoms. The monoisotopic (exact) mass is 577 g/mol. The van der Waals surface area contributed by atoms with Crippen molar-refractivity contribution in [3.8, 4) is 17.2 Å². The number of nitrogens with zero attached hydrogens (tertiary/aromatic N) is 1. The van der Waals surface area contributed by atoms with Gasteiger partial charge in [0, 0.05) is 10.6 Å². The molecule has 0 N–H and O–H groups in total. The number of thioether (sulfide) groups is 1. The number of hydrogen-bond donors (Lipinski definition) is 0. The van der Waals surface area contributed by atoms with Gasteiger partial charge in [0.1, 0.15) is 19.0 Å². The summed E-state index contributed by atoms with van der Waals surface area (Å²) >= 11 is 19.7. The summed E-state index contributed by atoms with van der Waals surface area (Å²) in [6, 6.07) is 17.7. The molecule has 0 saturated carbocycles. The van der Waals surface area contributed by atoms with E-state index in [2.05, 4.69) is 0 Å². The Labute approximate surface area is 234 Å². The van der Waals surface area contributed by atoms with Crippen LogP contribution in [0.25, 0.3) is 6.08 Å². The SMILES string of the molecule is CCOc1cc(/C=C2\SC(=O)N(CCOc3ccccc3Cl)C2=O)cc(Cl)c1OCc1ccccc1Cl. The van der Waals surface area contributed by atoms with Crippen molar-refractivity contribution in [2.24, 2.45) is 0 Å². The average Bonchev–Trinajstić information content (AvgIpc) is 3.13. The number of amides is 2. The van der Waals surface area contributed by atoms with Gasteiger partial charge in [-0.25, -0.2) is 0 Å². The van der Waals surface area contributed by atoms with E-state index in [-0.39, 0.29) is 29.9 Å². The number of carbonyl (C=O) groups is 2. The number of imide groups is 1. The van der Waals surface area contributed by atoms with Crippen molar-refractivity contribution in [1.29, 1.82) is 0 Å². The van der Waals surface area contributed by atoms with E-state index in [1.165, 1.54) is 0 Å². The molecule has 0 aliphatic carbocycles. The van der Waals surface area contributed by atoms with E-state index in [1.54, 1.807) is 48.5 Å². The third-order valence-electron chi connectivity index (χ3n) is 5.24. The average molecular weight is 579 g/mol. The third-order valence-corrected chi connectivity index (χ3v) is 7.11. The van der Waals surface area contributed by atoms with E-state index in [1.807, 2.05) is 25.1 Å². The Morgan fingerprint density at radius 2 is 1.59 bits per heavy atom. The molecule has 0 aromatic heterocycles. The van der Waals surface area contributed by atoms with E-state index in [0.717, 1.165) is 22.2 Å². The standard InChI is InChI=1S/C27H22Cl3NO5S/c1-2-34-23-14-17(13-21(30)25(23)36-16-18-7-3-4-8-19(18)28)15-24-26(32)31(27(33)37-24)11-12-35-22-10-6-5-9-20(22)29/h3-10,13-15H,2,11-12,16H2,1H3/b24-15-. The Balaban J connectivity index is 1.47. The molecule has 0 bridgehead atoms. The van der Waals surface area contributed by atoms with Gasteiger partial charge in [-0.1, -0.05) is 65.1 Å². The zero-order valence-corrected chi connectivity index (χ0v) is 22.8. The maximum absolute atomic E-state index is 12.9. The highest BCUT2D eigenvalue weighted by molar-refractivity contribution is 8.18. The lowest BCUT2D eigenvalue weighted by molar-refractivity contribution is -0.123. The van der Waals surface area contributed by atoms with Gasteiger partial charge < -0.3 is 14.2 Å². The van der Waals surface area contributed by atoms with Crippen molar-refractivity contribution in [3.05, 3.63) is 91.8 Å². The van der Waals surface area contributed by atoms with Crippen molar-refractivity contribution in [3.63, 3.8) is 0 Å². The number of ether oxygens (including phenoxy) is 3. The second kappa shape index (κ2) is 12.6. The van der Waals surface area contributed by atoms with Crippen molar-refractivity contribution in [2.45, 2.75) is 13.5 Å². The largest absolute Gasteiger partial charge is 0.490 e. The minimum atomic E-state index is -0.411. The smallest absolute Gasteiger partial charge is 0.293 e. The minimum absolute atomic E-state index is 0.0903. The summed E-state index contributed by atoms with van der Waals surface area (Å²) in [5, 5.41) is 0.963. The fraction of sp³-hybridized carbons (Fsp3) is 0.185. The number of hydrogen-bond acceptors (Lipinski definition) is 6. The normalized spacial score (nSPS) is 14.4. The fourth-order valence-electron chi connectivity index (χ4n) is 3.49. The van der Waals surface area contributed by atoms with Crippen molar-refractivity contribution < 1.29 is 23.8 Å². The quantitative estimate of drug-likeness (QED) is 0.229. The molecule has 6 nitrogen and oxygen atoms in total. The molecule has 0 unspecified atom stereocenters. The highest BCUT2D eigenvalue weighted by Crippen LogP contribution is 2.40. The van der Waals surface area contributed by atoms with Gasteiger partial charge in [-0.2, -0.15) is 0 Å². The van der Waals surface area contributed by atoms with Gasteiger partial charge in [0.25, 0.3) is 11.1 Å². The first kappa shape index (κ1) is 27.2. The zero-order chi connectivity index (χ0) is 26.4. The lowest BCUT2D eigenvalue weighted by atomic mass is 10.1. The van der Waals surface area contributed by atoms with E-state index in [0.29, 0.717) is 44.5 Å². The maximum atomic E-state index is 12.9. The predicted molar refractivity (Wildman–Crippen MR) is 148 cm³/mol. The molecule has 2 amide bonds. The van der Waals surface area contributed by atoms with Crippen LogP contribution in [0.2, 0.25) is 15.1 Å². The number of carbonyl (C=O) groups excluding carboxylic acids is 2. The van der Waals surface area contributed by atoms with Crippen molar-refractivity contribution in [2.75, 3.05) is 19.8 Å². The van der Waals surface area contributed by atoms with Crippen LogP contribution in [-0.4, -0.2) is 35.8 Å². The van der Waals surface area contributed by atoms with Crippen LogP contribution in [0.1, 0.15) is 18.1 Å². The minimum Gasteiger partial charge on any atom is -0.490 e. The van der Waals surface area contributed by atoms with Gasteiger partial charge in [0.05, 0.1) is 28.1 Å². The summed E-state index contributed by atoms with van der Waals surface area (Å²) in [6.45, 7) is 2.63. The summed E-state index contributed by atoms with van der Waals surface area (Å²) in [5.74, 6) is 0.860. The molecule has 3 aromatic rings. The van der Waals surface area contributed by atoms with Crippen LogP contribution in [0.4, 0.5) is 4.79 Å². The lowest BCUT2D eigenvalue weighted by Crippen LogP contribution is -2.32. The lowest BCUT2D eigenvalue weighted by Gasteiger charge is -2.15. The molecule has 0 atom stereocenters. The van der Waals surface area contributed by atoms with E-state index >= 15 is 0 Å². The molecule has 3 aromatic carbocycles. The first-order valence-electron chi connectivity index (χ1n) is 11.3. The van der Waals surface area contributed by atoms with Crippen LogP contribution in [0.15, 0.2) is 65.6 Å². The van der Waals surface area contributed by atoms with Crippen LogP contribution >= 0.6 is 46.6 Å². The molecule has 1 heterocycles. The highest BCUT2D eigenvalue weighted by Gasteiger charge is 2.35. The molecule has 1 aliphatic rings. The molecule has 192 valence electrons. The van der Waals surface area contributed by atoms with Crippen LogP contribution in [0.5, 0.6) is 17.2 Å². The Bertz CT molecular complexity index is 1350. The molecule has 0 radical (unpaired) electrons. The Morgan fingerprint density at radius 1 is 0.865 bits per heavy atom. The zero-order valence-electron chi connectivity index (χ0n) is 19.7. The summed E-state index contributed by atoms with van der Waals surface area (Å²) in [4.78, 5) is 26.8. The van der Waals surface area contributed by atoms with Crippen LogP contribution < -0.4 is 14.2 Å². The summed E-state index contributed by atoms with van der Waals surface area (Å²) < 4.78 is 17.3. The third kappa shape index (κ3) is 6.73. The van der Waals surface area contributed by atoms with E-state index in [9.17, 15) is 9.59 Å². The predicted octanol–water partition coefficient (Wildman–Crippen LogP) is 7.74. The first-order chi connectivity index (χ1) is 17.9. The highest BCUT2D eigenvalue weighted by atomic mass is 35.5. The van der Waals surface area contributed by atoms with Gasteiger partial charge >= 0.3 is 0 Å². The van der Waals surface area contributed by atoms with Gasteiger partial charge in [0.2, 0.25) is 0 Å². The summed E-state index contributed by atoms with van der Waals surface area (Å²) in [7, 11) is 0. The molecular formula is C27H22Cl3NO5S. The molecule has 1 aliphatic heterocycles. The molecule has 1 fully saturated rings. The number of benzene rings is 3. The molecular weight excluding hydrogens is 557 g/mol. The van der Waals surface area contributed by atoms with Gasteiger partial charge in [-0.3, -0.25) is 14.5 Å². The molecule has 1 saturated heterocycles. The van der Waals surface area contributed by atoms with Crippen LogP contribution in [-0.2, 0) is 11.4 Å². The molecule has 10 heteroatoms. The molecule has 0 spiro atoms. The van der Waals surface area contributed by atoms with E-state index < -0.39 is 5.91 Å². The van der Waals surface area contributed by atoms with Crippen LogP contribution in [0, 0.1) is 0 Å². The van der Waals surface area contributed by atoms with Gasteiger partial charge in [0.15, 0.2) is 11.5 Å². The number of rotatable bonds is 10. The van der Waals surface area contributed by atoms with Gasteiger partial charge in [-0.05, 0) is 60.7 Å². The Kier molecular flexibility index (Phi) is 9.27. The first-order valence-corrected chi connectivity index (χ1v) is 13.3. The second-order valence-electron chi connectivity index (χ2n) is 7.76. The maximum Gasteiger partial charge on any atom is 0.293 e. The molecule has 4 rings (SSSR count).